The molecule has 1 aromatic carbocycles. The number of carbonyl (C=O) groups is 1. The standard InChI is InChI=1S/C14H19IN2O.ClH/c1-10(12-3-2-8-16-9-12)17-14(18)11-4-6-13(15)7-5-11;/h4-7,10,12,16H,2-3,8-9H2,1H3,(H,17,18);1H. The van der Waals surface area contributed by atoms with Crippen molar-refractivity contribution in [2.75, 3.05) is 13.1 Å². The summed E-state index contributed by atoms with van der Waals surface area (Å²) in [7, 11) is 0. The summed E-state index contributed by atoms with van der Waals surface area (Å²) >= 11 is 2.24. The Morgan fingerprint density at radius 1 is 1.42 bits per heavy atom. The number of benzene rings is 1. The lowest BCUT2D eigenvalue weighted by molar-refractivity contribution is 0.0922. The van der Waals surface area contributed by atoms with Gasteiger partial charge in [0.15, 0.2) is 0 Å². The second kappa shape index (κ2) is 8.07. The van der Waals surface area contributed by atoms with E-state index in [1.54, 1.807) is 0 Å². The van der Waals surface area contributed by atoms with Crippen LogP contribution >= 0.6 is 35.0 Å². The molecule has 1 saturated heterocycles. The molecule has 2 atom stereocenters. The van der Waals surface area contributed by atoms with E-state index in [1.807, 2.05) is 24.3 Å². The SMILES string of the molecule is CC(NC(=O)c1ccc(I)cc1)C1CCCNC1.Cl. The summed E-state index contributed by atoms with van der Waals surface area (Å²) in [6.45, 7) is 4.21. The second-order valence-electron chi connectivity index (χ2n) is 4.88. The maximum Gasteiger partial charge on any atom is 0.251 e. The highest BCUT2D eigenvalue weighted by Gasteiger charge is 2.21. The molecule has 1 aliphatic rings. The van der Waals surface area contributed by atoms with Crippen molar-refractivity contribution in [3.8, 4) is 0 Å². The van der Waals surface area contributed by atoms with E-state index in [4.69, 9.17) is 0 Å². The minimum absolute atomic E-state index is 0. The first-order valence-electron chi connectivity index (χ1n) is 6.44. The fourth-order valence-corrected chi connectivity index (χ4v) is 2.67. The Balaban J connectivity index is 0.00000180. The average Bonchev–Trinajstić information content (AvgIpc) is 2.40. The van der Waals surface area contributed by atoms with Crippen molar-refractivity contribution in [1.29, 1.82) is 0 Å². The van der Waals surface area contributed by atoms with Gasteiger partial charge >= 0.3 is 0 Å². The molecule has 106 valence electrons. The number of amides is 1. The smallest absolute Gasteiger partial charge is 0.251 e. The van der Waals surface area contributed by atoms with Gasteiger partial charge in [-0.15, -0.1) is 12.4 Å². The molecule has 0 saturated carbocycles. The van der Waals surface area contributed by atoms with Gasteiger partial charge in [-0.05, 0) is 85.6 Å². The van der Waals surface area contributed by atoms with Gasteiger partial charge in [0.25, 0.3) is 5.91 Å². The van der Waals surface area contributed by atoms with Gasteiger partial charge in [0, 0.05) is 15.2 Å². The molecule has 2 N–H and O–H groups in total. The molecule has 0 aromatic heterocycles. The Labute approximate surface area is 134 Å². The van der Waals surface area contributed by atoms with Crippen LogP contribution in [0.3, 0.4) is 0 Å². The number of piperidine rings is 1. The topological polar surface area (TPSA) is 41.1 Å². The first kappa shape index (κ1) is 16.7. The van der Waals surface area contributed by atoms with E-state index < -0.39 is 0 Å². The first-order valence-corrected chi connectivity index (χ1v) is 7.52. The zero-order valence-electron chi connectivity index (χ0n) is 11.0. The van der Waals surface area contributed by atoms with Crippen LogP contribution in [0.4, 0.5) is 0 Å². The number of hydrogen-bond acceptors (Lipinski definition) is 2. The third-order valence-electron chi connectivity index (χ3n) is 3.51. The molecule has 1 heterocycles. The second-order valence-corrected chi connectivity index (χ2v) is 6.12. The predicted molar refractivity (Wildman–Crippen MR) is 88.9 cm³/mol. The van der Waals surface area contributed by atoms with Gasteiger partial charge < -0.3 is 10.6 Å². The van der Waals surface area contributed by atoms with Crippen LogP contribution in [0.2, 0.25) is 0 Å². The lowest BCUT2D eigenvalue weighted by Gasteiger charge is -2.28. The fourth-order valence-electron chi connectivity index (χ4n) is 2.31. The summed E-state index contributed by atoms with van der Waals surface area (Å²) in [4.78, 5) is 12.1. The molecule has 1 fully saturated rings. The molecular weight excluding hydrogens is 375 g/mol. The van der Waals surface area contributed by atoms with Gasteiger partial charge in [0.05, 0.1) is 0 Å². The molecule has 2 unspecified atom stereocenters. The number of carbonyl (C=O) groups excluding carboxylic acids is 1. The molecule has 0 aliphatic carbocycles. The molecule has 2 rings (SSSR count). The van der Waals surface area contributed by atoms with Crippen molar-refractivity contribution in [2.24, 2.45) is 5.92 Å². The van der Waals surface area contributed by atoms with Crippen LogP contribution in [0.5, 0.6) is 0 Å². The molecule has 3 nitrogen and oxygen atoms in total. The van der Waals surface area contributed by atoms with Gasteiger partial charge in [-0.3, -0.25) is 4.79 Å². The van der Waals surface area contributed by atoms with E-state index in [0.29, 0.717) is 5.92 Å². The van der Waals surface area contributed by atoms with Crippen molar-refractivity contribution in [2.45, 2.75) is 25.8 Å². The van der Waals surface area contributed by atoms with Gasteiger partial charge in [-0.25, -0.2) is 0 Å². The third-order valence-corrected chi connectivity index (χ3v) is 4.23. The molecule has 0 spiro atoms. The third kappa shape index (κ3) is 4.93. The summed E-state index contributed by atoms with van der Waals surface area (Å²) < 4.78 is 1.15. The maximum absolute atomic E-state index is 12.1. The van der Waals surface area contributed by atoms with Crippen LogP contribution in [0.15, 0.2) is 24.3 Å². The zero-order chi connectivity index (χ0) is 13.0. The summed E-state index contributed by atoms with van der Waals surface area (Å²) in [5, 5.41) is 6.49. The predicted octanol–water partition coefficient (Wildman–Crippen LogP) is 2.83. The lowest BCUT2D eigenvalue weighted by atomic mass is 9.92. The summed E-state index contributed by atoms with van der Waals surface area (Å²) in [6.07, 6.45) is 2.40. The van der Waals surface area contributed by atoms with Gasteiger partial charge in [-0.2, -0.15) is 0 Å². The van der Waals surface area contributed by atoms with Crippen molar-refractivity contribution >= 4 is 40.9 Å². The number of halogens is 2. The largest absolute Gasteiger partial charge is 0.349 e. The van der Waals surface area contributed by atoms with Crippen LogP contribution in [-0.4, -0.2) is 25.0 Å². The molecule has 0 bridgehead atoms. The highest BCUT2D eigenvalue weighted by Crippen LogP contribution is 2.15. The molecule has 1 amide bonds. The molecule has 1 aromatic rings. The highest BCUT2D eigenvalue weighted by molar-refractivity contribution is 14.1. The molecule has 5 heteroatoms. The monoisotopic (exact) mass is 394 g/mol. The molecular formula is C14H20ClIN2O. The summed E-state index contributed by atoms with van der Waals surface area (Å²) in [5.74, 6) is 0.580. The lowest BCUT2D eigenvalue weighted by Crippen LogP contribution is -2.44. The van der Waals surface area contributed by atoms with E-state index in [-0.39, 0.29) is 24.4 Å². The molecule has 0 radical (unpaired) electrons. The van der Waals surface area contributed by atoms with E-state index in [1.165, 1.54) is 12.8 Å². The van der Waals surface area contributed by atoms with Gasteiger partial charge in [-0.1, -0.05) is 0 Å². The maximum atomic E-state index is 12.1. The van der Waals surface area contributed by atoms with Gasteiger partial charge in [0.1, 0.15) is 0 Å². The first-order chi connectivity index (χ1) is 8.66. The number of nitrogens with one attached hydrogen (secondary N) is 2. The summed E-state index contributed by atoms with van der Waals surface area (Å²) in [5.41, 5.74) is 0.742. The quantitative estimate of drug-likeness (QED) is 0.774. The van der Waals surface area contributed by atoms with Crippen LogP contribution in [0, 0.1) is 9.49 Å². The minimum atomic E-state index is 0. The van der Waals surface area contributed by atoms with E-state index >= 15 is 0 Å². The van der Waals surface area contributed by atoms with Crippen molar-refractivity contribution in [1.82, 2.24) is 10.6 Å². The van der Waals surface area contributed by atoms with Gasteiger partial charge in [0.2, 0.25) is 0 Å². The van der Waals surface area contributed by atoms with Crippen LogP contribution < -0.4 is 10.6 Å². The summed E-state index contributed by atoms with van der Waals surface area (Å²) in [6, 6.07) is 7.90. The van der Waals surface area contributed by atoms with Crippen LogP contribution in [0.25, 0.3) is 0 Å². The Kier molecular flexibility index (Phi) is 7.10. The Morgan fingerprint density at radius 3 is 2.68 bits per heavy atom. The minimum Gasteiger partial charge on any atom is -0.349 e. The number of rotatable bonds is 3. The van der Waals surface area contributed by atoms with E-state index in [9.17, 15) is 4.79 Å². The number of hydrogen-bond donors (Lipinski definition) is 2. The Hall–Kier alpha value is -0.330. The van der Waals surface area contributed by atoms with E-state index in [2.05, 4.69) is 40.1 Å². The molecule has 1 aliphatic heterocycles. The molecule has 19 heavy (non-hydrogen) atoms. The van der Waals surface area contributed by atoms with Crippen LogP contribution in [-0.2, 0) is 0 Å². The van der Waals surface area contributed by atoms with E-state index in [0.717, 1.165) is 22.2 Å². The van der Waals surface area contributed by atoms with Crippen molar-refractivity contribution < 1.29 is 4.79 Å². The Morgan fingerprint density at radius 2 is 2.11 bits per heavy atom. The Bertz CT molecular complexity index is 404. The van der Waals surface area contributed by atoms with Crippen molar-refractivity contribution in [3.05, 3.63) is 33.4 Å². The van der Waals surface area contributed by atoms with Crippen molar-refractivity contribution in [3.63, 3.8) is 0 Å². The fraction of sp³-hybridized carbons (Fsp3) is 0.500. The normalized spacial score (nSPS) is 20.2. The highest BCUT2D eigenvalue weighted by atomic mass is 127. The van der Waals surface area contributed by atoms with Crippen LogP contribution in [0.1, 0.15) is 30.1 Å². The average molecular weight is 395 g/mol. The zero-order valence-corrected chi connectivity index (χ0v) is 14.0.